The van der Waals surface area contributed by atoms with Crippen molar-refractivity contribution in [3.63, 3.8) is 0 Å². The molecule has 0 amide bonds. The van der Waals surface area contributed by atoms with Gasteiger partial charge in [-0.2, -0.15) is 5.10 Å². The van der Waals surface area contributed by atoms with E-state index >= 15 is 0 Å². The zero-order valence-electron chi connectivity index (χ0n) is 9.89. The monoisotopic (exact) mass is 219 g/mol. The summed E-state index contributed by atoms with van der Waals surface area (Å²) in [6, 6.07) is 0.514. The van der Waals surface area contributed by atoms with E-state index in [0.717, 1.165) is 6.54 Å². The van der Waals surface area contributed by atoms with Crippen LogP contribution in [0.2, 0.25) is 0 Å². The molecule has 3 heteroatoms. The Morgan fingerprint density at radius 1 is 1.00 bits per heavy atom. The lowest BCUT2D eigenvalue weighted by Gasteiger charge is -2.17. The number of hydrogen-bond acceptors (Lipinski definition) is 2. The quantitative estimate of drug-likeness (QED) is 0.762. The molecule has 16 heavy (non-hydrogen) atoms. The van der Waals surface area contributed by atoms with Crippen molar-refractivity contribution >= 4 is 0 Å². The average Bonchev–Trinajstić information content (AvgIpc) is 2.57. The second kappa shape index (κ2) is 4.58. The lowest BCUT2D eigenvalue weighted by molar-refractivity contribution is 0.515. The number of nitrogens with one attached hydrogen (secondary N) is 2. The van der Waals surface area contributed by atoms with Crippen LogP contribution < -0.4 is 5.32 Å². The van der Waals surface area contributed by atoms with Crippen molar-refractivity contribution in [3.8, 4) is 0 Å². The van der Waals surface area contributed by atoms with Crippen LogP contribution in [0.1, 0.15) is 61.5 Å². The minimum Gasteiger partial charge on any atom is -0.309 e. The van der Waals surface area contributed by atoms with E-state index < -0.39 is 0 Å². The zero-order valence-corrected chi connectivity index (χ0v) is 9.89. The number of aromatic nitrogens is 2. The fourth-order valence-electron chi connectivity index (χ4n) is 3.06. The SMILES string of the molecule is C1CCNC(c2n[nH]c3c2CCCC3)CC1. The maximum atomic E-state index is 4.58. The van der Waals surface area contributed by atoms with Crippen molar-refractivity contribution in [1.82, 2.24) is 15.5 Å². The van der Waals surface area contributed by atoms with Gasteiger partial charge in [0.25, 0.3) is 0 Å². The summed E-state index contributed by atoms with van der Waals surface area (Å²) in [6.45, 7) is 1.16. The van der Waals surface area contributed by atoms with Gasteiger partial charge in [-0.25, -0.2) is 0 Å². The topological polar surface area (TPSA) is 40.7 Å². The highest BCUT2D eigenvalue weighted by Crippen LogP contribution is 2.29. The molecule has 1 aromatic rings. The Labute approximate surface area is 97.0 Å². The molecule has 0 spiro atoms. The van der Waals surface area contributed by atoms with Gasteiger partial charge in [-0.3, -0.25) is 5.10 Å². The van der Waals surface area contributed by atoms with Crippen LogP contribution in [0.3, 0.4) is 0 Å². The molecule has 1 saturated heterocycles. The lowest BCUT2D eigenvalue weighted by Crippen LogP contribution is -2.22. The van der Waals surface area contributed by atoms with Crippen LogP contribution in [0.15, 0.2) is 0 Å². The predicted molar refractivity (Wildman–Crippen MR) is 64.4 cm³/mol. The normalized spacial score (nSPS) is 26.1. The van der Waals surface area contributed by atoms with Crippen LogP contribution in [-0.4, -0.2) is 16.7 Å². The second-order valence-electron chi connectivity index (χ2n) is 5.13. The first-order valence-corrected chi connectivity index (χ1v) is 6.74. The fraction of sp³-hybridized carbons (Fsp3) is 0.769. The van der Waals surface area contributed by atoms with Gasteiger partial charge in [0.1, 0.15) is 0 Å². The highest BCUT2D eigenvalue weighted by Gasteiger charge is 2.23. The van der Waals surface area contributed by atoms with Gasteiger partial charge >= 0.3 is 0 Å². The third-order valence-electron chi connectivity index (χ3n) is 3.98. The second-order valence-corrected chi connectivity index (χ2v) is 5.13. The fourth-order valence-corrected chi connectivity index (χ4v) is 3.06. The van der Waals surface area contributed by atoms with Crippen LogP contribution in [0.5, 0.6) is 0 Å². The summed E-state index contributed by atoms with van der Waals surface area (Å²) >= 11 is 0. The maximum absolute atomic E-state index is 4.58. The highest BCUT2D eigenvalue weighted by atomic mass is 15.1. The molecule has 1 aliphatic heterocycles. The summed E-state index contributed by atoms with van der Waals surface area (Å²) in [7, 11) is 0. The summed E-state index contributed by atoms with van der Waals surface area (Å²) in [5.41, 5.74) is 4.27. The lowest BCUT2D eigenvalue weighted by atomic mass is 9.93. The van der Waals surface area contributed by atoms with Gasteiger partial charge in [0.05, 0.1) is 11.7 Å². The van der Waals surface area contributed by atoms with Crippen LogP contribution in [0.25, 0.3) is 0 Å². The van der Waals surface area contributed by atoms with Crippen molar-refractivity contribution in [2.75, 3.05) is 6.54 Å². The molecule has 0 aromatic carbocycles. The molecule has 1 atom stereocenters. The van der Waals surface area contributed by atoms with E-state index in [1.807, 2.05) is 0 Å². The van der Waals surface area contributed by atoms with Gasteiger partial charge in [0.2, 0.25) is 0 Å². The molecule has 1 fully saturated rings. The van der Waals surface area contributed by atoms with E-state index in [0.29, 0.717) is 6.04 Å². The van der Waals surface area contributed by atoms with E-state index in [4.69, 9.17) is 0 Å². The number of rotatable bonds is 1. The van der Waals surface area contributed by atoms with Gasteiger partial charge in [0.15, 0.2) is 0 Å². The number of aromatic amines is 1. The Morgan fingerprint density at radius 3 is 2.94 bits per heavy atom. The summed E-state index contributed by atoms with van der Waals surface area (Å²) < 4.78 is 0. The molecule has 1 aliphatic carbocycles. The Balaban J connectivity index is 1.84. The average molecular weight is 219 g/mol. The van der Waals surface area contributed by atoms with E-state index in [9.17, 15) is 0 Å². The molecule has 88 valence electrons. The molecule has 3 rings (SSSR count). The molecular formula is C13H21N3. The van der Waals surface area contributed by atoms with Crippen LogP contribution in [-0.2, 0) is 12.8 Å². The number of H-pyrrole nitrogens is 1. The molecule has 2 heterocycles. The summed E-state index contributed by atoms with van der Waals surface area (Å²) in [5.74, 6) is 0. The van der Waals surface area contributed by atoms with Crippen molar-refractivity contribution in [3.05, 3.63) is 17.0 Å². The Hall–Kier alpha value is -0.830. The first kappa shape index (κ1) is 10.3. The molecule has 2 N–H and O–H groups in total. The van der Waals surface area contributed by atoms with Crippen molar-refractivity contribution in [1.29, 1.82) is 0 Å². The largest absolute Gasteiger partial charge is 0.309 e. The molecule has 1 aromatic heterocycles. The number of nitrogens with zero attached hydrogens (tertiary/aromatic N) is 1. The number of hydrogen-bond donors (Lipinski definition) is 2. The Morgan fingerprint density at radius 2 is 1.94 bits per heavy atom. The first-order chi connectivity index (χ1) is 7.95. The van der Waals surface area contributed by atoms with E-state index in [1.165, 1.54) is 68.3 Å². The third-order valence-corrected chi connectivity index (χ3v) is 3.98. The highest BCUT2D eigenvalue weighted by molar-refractivity contribution is 5.30. The van der Waals surface area contributed by atoms with Gasteiger partial charge in [-0.05, 0) is 50.6 Å². The van der Waals surface area contributed by atoms with Gasteiger partial charge in [-0.1, -0.05) is 12.8 Å². The Bertz CT molecular complexity index is 348. The minimum atomic E-state index is 0.514. The van der Waals surface area contributed by atoms with Crippen molar-refractivity contribution in [2.45, 2.75) is 57.4 Å². The van der Waals surface area contributed by atoms with Crippen LogP contribution in [0, 0.1) is 0 Å². The van der Waals surface area contributed by atoms with Gasteiger partial charge in [-0.15, -0.1) is 0 Å². The summed E-state index contributed by atoms with van der Waals surface area (Å²) in [4.78, 5) is 0. The molecule has 2 aliphatic rings. The first-order valence-electron chi connectivity index (χ1n) is 6.74. The van der Waals surface area contributed by atoms with Crippen molar-refractivity contribution < 1.29 is 0 Å². The Kier molecular flexibility index (Phi) is 2.96. The zero-order chi connectivity index (χ0) is 10.8. The standard InChI is InChI=1S/C13H21N3/c1-2-8-12(14-9-5-1)13-10-6-3-4-7-11(10)15-16-13/h12,14H,1-9H2,(H,15,16). The molecule has 0 radical (unpaired) electrons. The van der Waals surface area contributed by atoms with Gasteiger partial charge in [0, 0.05) is 5.69 Å². The smallest absolute Gasteiger partial charge is 0.0826 e. The number of aryl methyl sites for hydroxylation is 1. The third kappa shape index (κ3) is 1.88. The van der Waals surface area contributed by atoms with E-state index in [-0.39, 0.29) is 0 Å². The number of fused-ring (bicyclic) bond motifs is 1. The molecular weight excluding hydrogens is 198 g/mol. The summed E-state index contributed by atoms with van der Waals surface area (Å²) in [5, 5.41) is 11.5. The maximum Gasteiger partial charge on any atom is 0.0826 e. The van der Waals surface area contributed by atoms with Gasteiger partial charge < -0.3 is 5.32 Å². The molecule has 0 saturated carbocycles. The van der Waals surface area contributed by atoms with E-state index in [1.54, 1.807) is 0 Å². The predicted octanol–water partition coefficient (Wildman–Crippen LogP) is 2.49. The van der Waals surface area contributed by atoms with Crippen LogP contribution in [0.4, 0.5) is 0 Å². The van der Waals surface area contributed by atoms with Crippen molar-refractivity contribution in [2.24, 2.45) is 0 Å². The molecule has 3 nitrogen and oxygen atoms in total. The molecule has 0 bridgehead atoms. The minimum absolute atomic E-state index is 0.514. The van der Waals surface area contributed by atoms with E-state index in [2.05, 4.69) is 15.5 Å². The molecule has 1 unspecified atom stereocenters. The van der Waals surface area contributed by atoms with Crippen LogP contribution >= 0.6 is 0 Å². The summed E-state index contributed by atoms with van der Waals surface area (Å²) in [6.07, 6.45) is 10.4.